The van der Waals surface area contributed by atoms with E-state index in [1.54, 1.807) is 0 Å². The predicted octanol–water partition coefficient (Wildman–Crippen LogP) is 24.7. The average molecular weight is 1110 g/mol. The van der Waals surface area contributed by atoms with Crippen LogP contribution in [-0.2, 0) is 19.1 Å². The maximum Gasteiger partial charge on any atom is 0.306 e. The van der Waals surface area contributed by atoms with E-state index in [0.29, 0.717) is 12.8 Å². The summed E-state index contributed by atoms with van der Waals surface area (Å²) in [6, 6.07) is 0. The summed E-state index contributed by atoms with van der Waals surface area (Å²) < 4.78 is 10.8. The highest BCUT2D eigenvalue weighted by Crippen LogP contribution is 2.19. The molecule has 0 aliphatic carbocycles. The minimum atomic E-state index is -0.768. The number of hydrogen-bond acceptors (Lipinski definition) is 5. The number of aliphatic hydroxyl groups excluding tert-OH is 1. The zero-order chi connectivity index (χ0) is 56.9. The minimum absolute atomic E-state index is 0.0579. The van der Waals surface area contributed by atoms with Crippen molar-refractivity contribution in [3.8, 4) is 0 Å². The highest BCUT2D eigenvalue weighted by molar-refractivity contribution is 5.70. The van der Waals surface area contributed by atoms with Crippen LogP contribution in [0.4, 0.5) is 0 Å². The fraction of sp³-hybridized carbons (Fsp3) is 0.865. The standard InChI is InChI=1S/C74H138O5/c1-3-5-7-9-11-13-15-17-19-21-23-25-27-29-30-31-32-33-34-35-36-37-38-39-40-41-42-43-44-45-47-49-51-53-55-57-59-61-63-65-67-69-74(77)79-72(70-75)71-78-73(76)68-66-64-62-60-58-56-54-52-50-48-46-28-26-24-22-20-18-16-14-12-10-8-6-4-2/h5,7,11,13,17,19,23,25,72,75H,3-4,6,8-10,12,14-16,18,20-22,24,26-71H2,1-2H3/b7-5-,13-11-,19-17-,25-23-. The molecule has 0 aromatic heterocycles. The summed E-state index contributed by atoms with van der Waals surface area (Å²) in [6.07, 6.45) is 94.5. The van der Waals surface area contributed by atoms with Crippen LogP contribution in [-0.4, -0.2) is 36.4 Å². The maximum absolute atomic E-state index is 12.4. The van der Waals surface area contributed by atoms with Gasteiger partial charge >= 0.3 is 11.9 Å². The molecule has 0 aromatic rings. The van der Waals surface area contributed by atoms with Gasteiger partial charge < -0.3 is 14.6 Å². The number of ether oxygens (including phenoxy) is 2. The van der Waals surface area contributed by atoms with Crippen molar-refractivity contribution in [3.63, 3.8) is 0 Å². The quantitative estimate of drug-likeness (QED) is 0.0373. The van der Waals surface area contributed by atoms with Gasteiger partial charge in [-0.1, -0.05) is 377 Å². The van der Waals surface area contributed by atoms with Crippen molar-refractivity contribution in [2.75, 3.05) is 13.2 Å². The number of rotatable bonds is 67. The molecule has 0 heterocycles. The average Bonchev–Trinajstić information content (AvgIpc) is 3.45. The van der Waals surface area contributed by atoms with Crippen LogP contribution in [0.5, 0.6) is 0 Å². The third-order valence-corrected chi connectivity index (χ3v) is 16.4. The zero-order valence-corrected chi connectivity index (χ0v) is 53.4. The van der Waals surface area contributed by atoms with Crippen LogP contribution < -0.4 is 0 Å². The second-order valence-corrected chi connectivity index (χ2v) is 24.3. The van der Waals surface area contributed by atoms with Gasteiger partial charge in [-0.25, -0.2) is 0 Å². The van der Waals surface area contributed by atoms with Crippen LogP contribution >= 0.6 is 0 Å². The molecule has 0 bridgehead atoms. The van der Waals surface area contributed by atoms with Crippen molar-refractivity contribution in [2.24, 2.45) is 0 Å². The van der Waals surface area contributed by atoms with Crippen molar-refractivity contribution >= 4 is 11.9 Å². The number of unbranched alkanes of at least 4 members (excludes halogenated alkanes) is 51. The van der Waals surface area contributed by atoms with E-state index in [-0.39, 0.29) is 25.2 Å². The summed E-state index contributed by atoms with van der Waals surface area (Å²) in [5.74, 6) is -0.563. The SMILES string of the molecule is CC/C=C\C/C=C\C/C=C\C/C=C\CCCCCCCCCCCCCCCCCCCCCCCCCCCCCCC(=O)OC(CO)COC(=O)CCCCCCCCCCCCCCCCCCCCCCCCCC. The Morgan fingerprint density at radius 3 is 0.823 bits per heavy atom. The normalized spacial score (nSPS) is 12.4. The van der Waals surface area contributed by atoms with Gasteiger partial charge in [0.2, 0.25) is 0 Å². The molecule has 0 radical (unpaired) electrons. The molecule has 0 rings (SSSR count). The second kappa shape index (κ2) is 70.1. The number of aliphatic hydroxyl groups is 1. The van der Waals surface area contributed by atoms with Crippen LogP contribution in [0.15, 0.2) is 48.6 Å². The summed E-state index contributed by atoms with van der Waals surface area (Å²) in [7, 11) is 0. The summed E-state index contributed by atoms with van der Waals surface area (Å²) in [6.45, 7) is 4.09. The molecule has 1 unspecified atom stereocenters. The fourth-order valence-electron chi connectivity index (χ4n) is 11.1. The first-order chi connectivity index (χ1) is 39.1. The lowest BCUT2D eigenvalue weighted by Crippen LogP contribution is -2.28. The summed E-state index contributed by atoms with van der Waals surface area (Å²) in [5.41, 5.74) is 0. The van der Waals surface area contributed by atoms with E-state index in [2.05, 4.69) is 62.5 Å². The Balaban J connectivity index is 3.36. The molecule has 1 atom stereocenters. The van der Waals surface area contributed by atoms with E-state index in [1.807, 2.05) is 0 Å². The largest absolute Gasteiger partial charge is 0.462 e. The van der Waals surface area contributed by atoms with Gasteiger partial charge in [0, 0.05) is 12.8 Å². The minimum Gasteiger partial charge on any atom is -0.462 e. The van der Waals surface area contributed by atoms with Gasteiger partial charge in [0.1, 0.15) is 6.61 Å². The molecule has 0 saturated carbocycles. The monoisotopic (exact) mass is 1110 g/mol. The van der Waals surface area contributed by atoms with Crippen molar-refractivity contribution in [1.29, 1.82) is 0 Å². The Bertz CT molecular complexity index is 1300. The van der Waals surface area contributed by atoms with E-state index in [9.17, 15) is 14.7 Å². The lowest BCUT2D eigenvalue weighted by molar-refractivity contribution is -0.161. The van der Waals surface area contributed by atoms with Crippen LogP contribution in [0.2, 0.25) is 0 Å². The molecule has 0 aromatic carbocycles. The lowest BCUT2D eigenvalue weighted by atomic mass is 10.0. The van der Waals surface area contributed by atoms with Gasteiger partial charge in [0.15, 0.2) is 6.10 Å². The Morgan fingerprint density at radius 1 is 0.304 bits per heavy atom. The van der Waals surface area contributed by atoms with Gasteiger partial charge in [-0.05, 0) is 51.4 Å². The Kier molecular flexibility index (Phi) is 68.2. The first-order valence-electron chi connectivity index (χ1n) is 35.7. The van der Waals surface area contributed by atoms with Crippen LogP contribution in [0, 0.1) is 0 Å². The van der Waals surface area contributed by atoms with Gasteiger partial charge in [-0.2, -0.15) is 0 Å². The van der Waals surface area contributed by atoms with Crippen molar-refractivity contribution in [3.05, 3.63) is 48.6 Å². The van der Waals surface area contributed by atoms with E-state index in [1.165, 1.54) is 308 Å². The Labute approximate surface area is 494 Å². The van der Waals surface area contributed by atoms with E-state index in [4.69, 9.17) is 9.47 Å². The smallest absolute Gasteiger partial charge is 0.306 e. The molecule has 0 saturated heterocycles. The summed E-state index contributed by atoms with van der Waals surface area (Å²) >= 11 is 0. The first kappa shape index (κ1) is 76.9. The lowest BCUT2D eigenvalue weighted by Gasteiger charge is -2.15. The molecular weight excluding hydrogens is 969 g/mol. The highest BCUT2D eigenvalue weighted by atomic mass is 16.6. The van der Waals surface area contributed by atoms with E-state index < -0.39 is 6.10 Å². The Hall–Kier alpha value is -2.14. The van der Waals surface area contributed by atoms with Crippen molar-refractivity contribution in [1.82, 2.24) is 0 Å². The highest BCUT2D eigenvalue weighted by Gasteiger charge is 2.16. The van der Waals surface area contributed by atoms with Gasteiger partial charge in [0.05, 0.1) is 6.61 Å². The molecule has 0 fully saturated rings. The number of allylic oxidation sites excluding steroid dienone is 8. The van der Waals surface area contributed by atoms with Crippen LogP contribution in [0.3, 0.4) is 0 Å². The van der Waals surface area contributed by atoms with E-state index >= 15 is 0 Å². The number of hydrogen-bond donors (Lipinski definition) is 1. The maximum atomic E-state index is 12.4. The molecule has 79 heavy (non-hydrogen) atoms. The first-order valence-corrected chi connectivity index (χ1v) is 35.7. The molecule has 464 valence electrons. The molecule has 1 N–H and O–H groups in total. The number of carbonyl (C=O) groups is 2. The van der Waals surface area contributed by atoms with Crippen molar-refractivity contribution in [2.45, 2.75) is 399 Å². The molecule has 0 aliphatic rings. The Morgan fingerprint density at radius 2 is 0.544 bits per heavy atom. The van der Waals surface area contributed by atoms with Gasteiger partial charge in [-0.3, -0.25) is 9.59 Å². The van der Waals surface area contributed by atoms with E-state index in [0.717, 1.165) is 57.8 Å². The number of esters is 2. The molecule has 0 aliphatic heterocycles. The van der Waals surface area contributed by atoms with Crippen LogP contribution in [0.25, 0.3) is 0 Å². The van der Waals surface area contributed by atoms with Crippen molar-refractivity contribution < 1.29 is 24.2 Å². The van der Waals surface area contributed by atoms with Gasteiger partial charge in [0.25, 0.3) is 0 Å². The third-order valence-electron chi connectivity index (χ3n) is 16.4. The summed E-state index contributed by atoms with van der Waals surface area (Å²) in [5, 5.41) is 9.70. The zero-order valence-electron chi connectivity index (χ0n) is 53.4. The van der Waals surface area contributed by atoms with Crippen LogP contribution in [0.1, 0.15) is 393 Å². The summed E-state index contributed by atoms with van der Waals surface area (Å²) in [4.78, 5) is 24.6. The third kappa shape index (κ3) is 68.3. The predicted molar refractivity (Wildman–Crippen MR) is 348 cm³/mol. The molecule has 0 amide bonds. The topological polar surface area (TPSA) is 72.8 Å². The molecular formula is C74H138O5. The molecule has 0 spiro atoms. The molecule has 5 heteroatoms. The van der Waals surface area contributed by atoms with Gasteiger partial charge in [-0.15, -0.1) is 0 Å². The molecule has 5 nitrogen and oxygen atoms in total. The fourth-order valence-corrected chi connectivity index (χ4v) is 11.1. The second-order valence-electron chi connectivity index (χ2n) is 24.3. The number of carbonyl (C=O) groups excluding carboxylic acids is 2.